The molecule has 0 fully saturated rings. The number of aromatic nitrogens is 1. The van der Waals surface area contributed by atoms with Crippen LogP contribution in [0.25, 0.3) is 11.3 Å². The van der Waals surface area contributed by atoms with Crippen LogP contribution in [0, 0.1) is 0 Å². The average Bonchev–Trinajstić information content (AvgIpc) is 2.38. The van der Waals surface area contributed by atoms with Crippen molar-refractivity contribution >= 4 is 15.9 Å². The molecular weight excluding hydrogens is 280 g/mol. The van der Waals surface area contributed by atoms with Crippen LogP contribution in [-0.4, -0.2) is 12.1 Å². The Kier molecular flexibility index (Phi) is 3.76. The fourth-order valence-corrected chi connectivity index (χ4v) is 2.20. The lowest BCUT2D eigenvalue weighted by Gasteiger charge is -2.07. The highest BCUT2D eigenvalue weighted by atomic mass is 79.9. The molecule has 4 heteroatoms. The molecule has 2 aromatic rings. The van der Waals surface area contributed by atoms with Gasteiger partial charge in [-0.3, -0.25) is 4.98 Å². The van der Waals surface area contributed by atoms with E-state index in [0.29, 0.717) is 6.54 Å². The Labute approximate surface area is 109 Å². The van der Waals surface area contributed by atoms with Gasteiger partial charge in [-0.1, -0.05) is 12.1 Å². The van der Waals surface area contributed by atoms with E-state index in [1.165, 1.54) is 0 Å². The summed E-state index contributed by atoms with van der Waals surface area (Å²) in [6.07, 6.45) is 1.79. The molecule has 0 amide bonds. The van der Waals surface area contributed by atoms with E-state index in [9.17, 15) is 0 Å². The minimum absolute atomic E-state index is 0.490. The molecule has 0 saturated carbocycles. The van der Waals surface area contributed by atoms with Crippen molar-refractivity contribution in [2.45, 2.75) is 6.54 Å². The molecule has 0 saturated heterocycles. The van der Waals surface area contributed by atoms with E-state index in [1.54, 1.807) is 13.3 Å². The minimum atomic E-state index is 0.490. The summed E-state index contributed by atoms with van der Waals surface area (Å²) >= 11 is 3.51. The highest BCUT2D eigenvalue weighted by Crippen LogP contribution is 2.28. The lowest BCUT2D eigenvalue weighted by molar-refractivity contribution is 0.415. The van der Waals surface area contributed by atoms with Crippen LogP contribution in [0.2, 0.25) is 0 Å². The van der Waals surface area contributed by atoms with Crippen LogP contribution in [0.3, 0.4) is 0 Å². The van der Waals surface area contributed by atoms with Crippen molar-refractivity contribution in [3.8, 4) is 17.0 Å². The second-order valence-electron chi connectivity index (χ2n) is 3.61. The average molecular weight is 293 g/mol. The minimum Gasteiger partial charge on any atom is -0.497 e. The zero-order chi connectivity index (χ0) is 12.3. The third kappa shape index (κ3) is 2.65. The third-order valence-electron chi connectivity index (χ3n) is 2.48. The number of benzene rings is 1. The highest BCUT2D eigenvalue weighted by molar-refractivity contribution is 9.10. The van der Waals surface area contributed by atoms with Crippen molar-refractivity contribution in [1.29, 1.82) is 0 Å². The van der Waals surface area contributed by atoms with E-state index in [2.05, 4.69) is 20.9 Å². The van der Waals surface area contributed by atoms with Crippen LogP contribution in [0.1, 0.15) is 5.56 Å². The van der Waals surface area contributed by atoms with Gasteiger partial charge in [0.25, 0.3) is 0 Å². The Bertz CT molecular complexity index is 529. The molecule has 17 heavy (non-hydrogen) atoms. The predicted molar refractivity (Wildman–Crippen MR) is 71.8 cm³/mol. The van der Waals surface area contributed by atoms with Crippen LogP contribution >= 0.6 is 15.9 Å². The molecule has 0 unspecified atom stereocenters. The predicted octanol–water partition coefficient (Wildman–Crippen LogP) is 2.98. The summed E-state index contributed by atoms with van der Waals surface area (Å²) in [5.74, 6) is 0.819. The van der Waals surface area contributed by atoms with Crippen LogP contribution in [0.5, 0.6) is 5.75 Å². The zero-order valence-corrected chi connectivity index (χ0v) is 11.1. The smallest absolute Gasteiger partial charge is 0.119 e. The van der Waals surface area contributed by atoms with Gasteiger partial charge in [-0.2, -0.15) is 0 Å². The van der Waals surface area contributed by atoms with Crippen molar-refractivity contribution in [2.24, 2.45) is 5.73 Å². The Balaban J connectivity index is 2.45. The van der Waals surface area contributed by atoms with Gasteiger partial charge >= 0.3 is 0 Å². The van der Waals surface area contributed by atoms with Gasteiger partial charge in [-0.25, -0.2) is 0 Å². The van der Waals surface area contributed by atoms with Gasteiger partial charge in [0, 0.05) is 22.8 Å². The summed E-state index contributed by atoms with van der Waals surface area (Å²) in [6.45, 7) is 0.490. The number of rotatable bonds is 3. The maximum atomic E-state index is 5.57. The normalized spacial score (nSPS) is 10.3. The van der Waals surface area contributed by atoms with E-state index in [0.717, 1.165) is 27.0 Å². The lowest BCUT2D eigenvalue weighted by atomic mass is 10.1. The van der Waals surface area contributed by atoms with E-state index in [1.807, 2.05) is 30.3 Å². The van der Waals surface area contributed by atoms with Crippen molar-refractivity contribution < 1.29 is 4.74 Å². The summed E-state index contributed by atoms with van der Waals surface area (Å²) < 4.78 is 6.14. The number of nitrogens with zero attached hydrogens (tertiary/aromatic N) is 1. The second kappa shape index (κ2) is 5.29. The fourth-order valence-electron chi connectivity index (χ4n) is 1.57. The summed E-state index contributed by atoms with van der Waals surface area (Å²) in [6, 6.07) is 9.79. The first-order chi connectivity index (χ1) is 8.24. The molecule has 1 aromatic carbocycles. The van der Waals surface area contributed by atoms with Gasteiger partial charge in [0.2, 0.25) is 0 Å². The lowest BCUT2D eigenvalue weighted by Crippen LogP contribution is -1.98. The number of methoxy groups -OCH3 is 1. The number of halogens is 1. The molecule has 0 radical (unpaired) electrons. The molecule has 0 aliphatic heterocycles. The molecule has 2 N–H and O–H groups in total. The van der Waals surface area contributed by atoms with E-state index in [4.69, 9.17) is 10.5 Å². The van der Waals surface area contributed by atoms with Gasteiger partial charge in [-0.05, 0) is 39.7 Å². The number of hydrogen-bond acceptors (Lipinski definition) is 3. The Hall–Kier alpha value is -1.39. The van der Waals surface area contributed by atoms with Crippen LogP contribution in [0.15, 0.2) is 41.0 Å². The second-order valence-corrected chi connectivity index (χ2v) is 4.46. The summed E-state index contributed by atoms with van der Waals surface area (Å²) in [7, 11) is 1.65. The molecule has 0 spiro atoms. The molecule has 1 heterocycles. The number of nitrogens with two attached hydrogens (primary N) is 1. The van der Waals surface area contributed by atoms with Crippen LogP contribution in [0.4, 0.5) is 0 Å². The SMILES string of the molecule is COc1cccc(-c2ncc(CN)cc2Br)c1. The van der Waals surface area contributed by atoms with Crippen LogP contribution < -0.4 is 10.5 Å². The topological polar surface area (TPSA) is 48.1 Å². The zero-order valence-electron chi connectivity index (χ0n) is 9.48. The number of hydrogen-bond donors (Lipinski definition) is 1. The number of ether oxygens (including phenoxy) is 1. The first-order valence-corrected chi connectivity index (χ1v) is 6.03. The standard InChI is InChI=1S/C13H13BrN2O/c1-17-11-4-2-3-10(6-11)13-12(14)5-9(7-15)8-16-13/h2-6,8H,7,15H2,1H3. The van der Waals surface area contributed by atoms with Gasteiger partial charge in [0.1, 0.15) is 5.75 Å². The molecule has 88 valence electrons. The number of pyridine rings is 1. The highest BCUT2D eigenvalue weighted by Gasteiger charge is 2.06. The Morgan fingerprint density at radius 3 is 2.82 bits per heavy atom. The van der Waals surface area contributed by atoms with Crippen molar-refractivity contribution in [3.63, 3.8) is 0 Å². The molecule has 2 rings (SSSR count). The van der Waals surface area contributed by atoms with Crippen LogP contribution in [-0.2, 0) is 6.54 Å². The summed E-state index contributed by atoms with van der Waals surface area (Å²) in [5, 5.41) is 0. The van der Waals surface area contributed by atoms with Crippen molar-refractivity contribution in [2.75, 3.05) is 7.11 Å². The van der Waals surface area contributed by atoms with E-state index < -0.39 is 0 Å². The monoisotopic (exact) mass is 292 g/mol. The van der Waals surface area contributed by atoms with Crippen molar-refractivity contribution in [3.05, 3.63) is 46.6 Å². The molecular formula is C13H13BrN2O. The molecule has 0 atom stereocenters. The first kappa shape index (κ1) is 12.1. The Morgan fingerprint density at radius 1 is 1.35 bits per heavy atom. The van der Waals surface area contributed by atoms with Gasteiger partial charge in [-0.15, -0.1) is 0 Å². The first-order valence-electron chi connectivity index (χ1n) is 5.23. The quantitative estimate of drug-likeness (QED) is 0.946. The summed E-state index contributed by atoms with van der Waals surface area (Å²) in [4.78, 5) is 4.41. The van der Waals surface area contributed by atoms with E-state index >= 15 is 0 Å². The molecule has 0 bridgehead atoms. The van der Waals surface area contributed by atoms with Gasteiger partial charge in [0.15, 0.2) is 0 Å². The maximum Gasteiger partial charge on any atom is 0.119 e. The van der Waals surface area contributed by atoms with Crippen molar-refractivity contribution in [1.82, 2.24) is 4.98 Å². The van der Waals surface area contributed by atoms with Gasteiger partial charge < -0.3 is 10.5 Å². The molecule has 1 aromatic heterocycles. The molecule has 0 aliphatic carbocycles. The molecule has 3 nitrogen and oxygen atoms in total. The largest absolute Gasteiger partial charge is 0.497 e. The summed E-state index contributed by atoms with van der Waals surface area (Å²) in [5.41, 5.74) is 8.48. The molecule has 0 aliphatic rings. The maximum absolute atomic E-state index is 5.57. The third-order valence-corrected chi connectivity index (χ3v) is 3.08. The fraction of sp³-hybridized carbons (Fsp3) is 0.154. The Morgan fingerprint density at radius 2 is 2.18 bits per heavy atom. The van der Waals surface area contributed by atoms with Gasteiger partial charge in [0.05, 0.1) is 12.8 Å². The van der Waals surface area contributed by atoms with E-state index in [-0.39, 0.29) is 0 Å².